The van der Waals surface area contributed by atoms with E-state index in [1.54, 1.807) is 21.3 Å². The van der Waals surface area contributed by atoms with Crippen molar-refractivity contribution < 1.29 is 18.0 Å². The summed E-state index contributed by atoms with van der Waals surface area (Å²) >= 11 is 0. The smallest absolute Gasteiger partial charge is 0.450 e. The lowest BCUT2D eigenvalue weighted by Gasteiger charge is -2.23. The van der Waals surface area contributed by atoms with Gasteiger partial charge in [0.1, 0.15) is 0 Å². The molecule has 5 heteroatoms. The molecule has 0 bridgehead atoms. The molecule has 4 nitrogen and oxygen atoms in total. The largest absolute Gasteiger partial charge is 0.536 e. The number of ether oxygens (including phenoxy) is 1. The molecule has 0 N–H and O–H groups in total. The van der Waals surface area contributed by atoms with Crippen LogP contribution in [0.3, 0.4) is 0 Å². The molecule has 2 rings (SSSR count). The Bertz CT molecular complexity index is 340. The molecule has 0 aromatic heterocycles. The van der Waals surface area contributed by atoms with Crippen molar-refractivity contribution in [2.75, 3.05) is 21.3 Å². The summed E-state index contributed by atoms with van der Waals surface area (Å²) in [5, 5.41) is 0.918. The van der Waals surface area contributed by atoms with E-state index in [0.29, 0.717) is 0 Å². The molecule has 0 radical (unpaired) electrons. The lowest BCUT2D eigenvalue weighted by atomic mass is 10.4. The molecule has 0 spiro atoms. The van der Waals surface area contributed by atoms with E-state index in [4.69, 9.17) is 18.0 Å². The van der Waals surface area contributed by atoms with Gasteiger partial charge in [0.15, 0.2) is 11.5 Å². The molecule has 0 fully saturated rings. The second-order valence-corrected chi connectivity index (χ2v) is 5.85. The minimum Gasteiger partial charge on any atom is -0.450 e. The maximum atomic E-state index is 5.34. The monoisotopic (exact) mass is 212 g/mol. The zero-order valence-electron chi connectivity index (χ0n) is 8.37. The normalized spacial score (nSPS) is 13.4. The molecule has 0 saturated carbocycles. The Hall–Kier alpha value is -0.883. The standard InChI is InChI=1S/C9H12O4Si/c1-10-14(11-2,12-3)7-4-5-8-9(6-7)13-8/h4-6H,1-3H3. The highest BCUT2D eigenvalue weighted by Crippen LogP contribution is 2.43. The second-order valence-electron chi connectivity index (χ2n) is 2.93. The number of hydrogen-bond donors (Lipinski definition) is 0. The quantitative estimate of drug-likeness (QED) is 0.557. The Morgan fingerprint density at radius 1 is 1.00 bits per heavy atom. The van der Waals surface area contributed by atoms with Gasteiger partial charge in [-0.25, -0.2) is 0 Å². The van der Waals surface area contributed by atoms with E-state index in [-0.39, 0.29) is 0 Å². The fraction of sp³-hybridized carbons (Fsp3) is 0.333. The van der Waals surface area contributed by atoms with Crippen LogP contribution in [0.4, 0.5) is 0 Å². The minimum absolute atomic E-state index is 0.880. The molecular weight excluding hydrogens is 200 g/mol. The first kappa shape index (κ1) is 9.66. The van der Waals surface area contributed by atoms with Crippen LogP contribution in [0.25, 0.3) is 0 Å². The van der Waals surface area contributed by atoms with Crippen molar-refractivity contribution in [2.45, 2.75) is 0 Å². The van der Waals surface area contributed by atoms with Crippen LogP contribution in [0.5, 0.6) is 11.5 Å². The Morgan fingerprint density at radius 2 is 1.64 bits per heavy atom. The average molecular weight is 212 g/mol. The summed E-state index contributed by atoms with van der Waals surface area (Å²) in [6, 6.07) is 5.70. The van der Waals surface area contributed by atoms with Gasteiger partial charge in [-0.2, -0.15) is 0 Å². The SMILES string of the molecule is CO[Si](OC)(OC)c1ccc2c(c1)O2. The van der Waals surface area contributed by atoms with Gasteiger partial charge in [-0.15, -0.1) is 0 Å². The average Bonchev–Trinajstić information content (AvgIpc) is 2.99. The van der Waals surface area contributed by atoms with Crippen LogP contribution in [0.1, 0.15) is 0 Å². The Labute approximate surface area is 83.7 Å². The summed E-state index contributed by atoms with van der Waals surface area (Å²) in [4.78, 5) is 0. The van der Waals surface area contributed by atoms with E-state index in [1.165, 1.54) is 0 Å². The maximum Gasteiger partial charge on any atom is 0.536 e. The third-order valence-electron chi connectivity index (χ3n) is 2.28. The Morgan fingerprint density at radius 3 is 2.14 bits per heavy atom. The highest BCUT2D eigenvalue weighted by Gasteiger charge is 2.42. The van der Waals surface area contributed by atoms with Crippen LogP contribution in [0.15, 0.2) is 18.2 Å². The van der Waals surface area contributed by atoms with Gasteiger partial charge >= 0.3 is 8.80 Å². The molecule has 14 heavy (non-hydrogen) atoms. The Balaban J connectivity index is 2.36. The van der Waals surface area contributed by atoms with E-state index < -0.39 is 8.80 Å². The van der Waals surface area contributed by atoms with E-state index in [0.717, 1.165) is 16.7 Å². The van der Waals surface area contributed by atoms with E-state index >= 15 is 0 Å². The molecule has 1 aromatic rings. The number of fused-ring (bicyclic) bond motifs is 1. The summed E-state index contributed by atoms with van der Waals surface area (Å²) < 4.78 is 21.2. The summed E-state index contributed by atoms with van der Waals surface area (Å²) in [6.45, 7) is 0. The fourth-order valence-electron chi connectivity index (χ4n) is 1.46. The van der Waals surface area contributed by atoms with Gasteiger partial charge in [0.05, 0.1) is 0 Å². The van der Waals surface area contributed by atoms with Gasteiger partial charge in [-0.1, -0.05) is 6.07 Å². The van der Waals surface area contributed by atoms with Crippen LogP contribution in [0.2, 0.25) is 0 Å². The van der Waals surface area contributed by atoms with Gasteiger partial charge in [-0.3, -0.25) is 0 Å². The van der Waals surface area contributed by atoms with Crippen LogP contribution < -0.4 is 9.92 Å². The molecule has 1 aliphatic rings. The van der Waals surface area contributed by atoms with Crippen molar-refractivity contribution in [3.8, 4) is 11.5 Å². The zero-order chi connectivity index (χ0) is 10.2. The lowest BCUT2D eigenvalue weighted by Crippen LogP contribution is -2.54. The summed E-state index contributed by atoms with van der Waals surface area (Å²) in [5.74, 6) is 1.80. The molecule has 0 aliphatic carbocycles. The third-order valence-corrected chi connectivity index (χ3v) is 4.91. The van der Waals surface area contributed by atoms with Gasteiger partial charge in [-0.05, 0) is 12.1 Å². The predicted octanol–water partition coefficient (Wildman–Crippen LogP) is 0.877. The van der Waals surface area contributed by atoms with Gasteiger partial charge in [0.2, 0.25) is 0 Å². The van der Waals surface area contributed by atoms with Crippen LogP contribution in [0, 0.1) is 0 Å². The lowest BCUT2D eigenvalue weighted by molar-refractivity contribution is 0.140. The second kappa shape index (κ2) is 3.36. The van der Waals surface area contributed by atoms with Crippen LogP contribution in [-0.2, 0) is 13.3 Å². The van der Waals surface area contributed by atoms with Gasteiger partial charge in [0, 0.05) is 26.5 Å². The van der Waals surface area contributed by atoms with Crippen molar-refractivity contribution in [1.82, 2.24) is 0 Å². The number of hydrogen-bond acceptors (Lipinski definition) is 4. The molecule has 1 aliphatic heterocycles. The number of rotatable bonds is 4. The van der Waals surface area contributed by atoms with Crippen LogP contribution in [-0.4, -0.2) is 30.1 Å². The number of benzene rings is 1. The zero-order valence-corrected chi connectivity index (χ0v) is 9.37. The molecular formula is C9H12O4Si. The molecule has 76 valence electrons. The van der Waals surface area contributed by atoms with E-state index in [1.807, 2.05) is 18.2 Å². The van der Waals surface area contributed by atoms with Crippen molar-refractivity contribution in [1.29, 1.82) is 0 Å². The predicted molar refractivity (Wildman–Crippen MR) is 52.9 cm³/mol. The van der Waals surface area contributed by atoms with E-state index in [2.05, 4.69) is 0 Å². The summed E-state index contributed by atoms with van der Waals surface area (Å²) in [6.07, 6.45) is 0. The van der Waals surface area contributed by atoms with E-state index in [9.17, 15) is 0 Å². The first-order chi connectivity index (χ1) is 6.75. The first-order valence-electron chi connectivity index (χ1n) is 4.23. The molecule has 1 aromatic carbocycles. The first-order valence-corrected chi connectivity index (χ1v) is 5.96. The third kappa shape index (κ3) is 1.34. The van der Waals surface area contributed by atoms with Crippen molar-refractivity contribution in [3.05, 3.63) is 18.2 Å². The minimum atomic E-state index is -2.67. The van der Waals surface area contributed by atoms with Crippen molar-refractivity contribution >= 4 is 14.0 Å². The molecule has 0 saturated heterocycles. The van der Waals surface area contributed by atoms with Crippen LogP contribution >= 0.6 is 0 Å². The summed E-state index contributed by atoms with van der Waals surface area (Å²) in [5.41, 5.74) is 0. The topological polar surface area (TPSA) is 40.2 Å². The van der Waals surface area contributed by atoms with Crippen molar-refractivity contribution in [2.24, 2.45) is 0 Å². The highest BCUT2D eigenvalue weighted by molar-refractivity contribution is 6.75. The molecule has 1 heterocycles. The Kier molecular flexibility index (Phi) is 2.32. The highest BCUT2D eigenvalue weighted by atomic mass is 28.4. The fourth-order valence-corrected chi connectivity index (χ4v) is 3.26. The van der Waals surface area contributed by atoms with Gasteiger partial charge in [0.25, 0.3) is 0 Å². The maximum absolute atomic E-state index is 5.34. The molecule has 0 amide bonds. The van der Waals surface area contributed by atoms with Gasteiger partial charge < -0.3 is 18.0 Å². The molecule has 0 atom stereocenters. The summed E-state index contributed by atoms with van der Waals surface area (Å²) in [7, 11) is 2.09. The van der Waals surface area contributed by atoms with Crippen molar-refractivity contribution in [3.63, 3.8) is 0 Å². The molecule has 0 unspecified atom stereocenters.